The van der Waals surface area contributed by atoms with Crippen molar-refractivity contribution in [3.8, 4) is 0 Å². The fourth-order valence-electron chi connectivity index (χ4n) is 1.45. The van der Waals surface area contributed by atoms with Crippen LogP contribution in [0.25, 0.3) is 0 Å². The van der Waals surface area contributed by atoms with Crippen LogP contribution in [0.1, 0.15) is 20.2 Å². The van der Waals surface area contributed by atoms with E-state index in [0.29, 0.717) is 5.13 Å². The van der Waals surface area contributed by atoms with E-state index in [9.17, 15) is 4.79 Å². The number of nitrogens with one attached hydrogen (secondary N) is 1. The van der Waals surface area contributed by atoms with Crippen LogP contribution in [0.2, 0.25) is 0 Å². The molecule has 2 aromatic rings. The van der Waals surface area contributed by atoms with E-state index in [-0.39, 0.29) is 5.69 Å². The number of hydrogen-bond acceptors (Lipinski definition) is 5. The van der Waals surface area contributed by atoms with Gasteiger partial charge in [0.2, 0.25) is 0 Å². The monoisotopic (exact) mass is 346 g/mol. The molecule has 0 amide bonds. The maximum absolute atomic E-state index is 10.8. The van der Waals surface area contributed by atoms with Gasteiger partial charge in [-0.2, -0.15) is 0 Å². The Kier molecular flexibility index (Phi) is 4.36. The lowest BCUT2D eigenvalue weighted by atomic mass is 10.3. The zero-order valence-corrected chi connectivity index (χ0v) is 12.8. The molecule has 0 aromatic carbocycles. The van der Waals surface area contributed by atoms with Gasteiger partial charge in [-0.1, -0.05) is 0 Å². The highest BCUT2D eigenvalue weighted by molar-refractivity contribution is 9.11. The molecule has 7 heteroatoms. The number of carboxylic acid groups (broad SMARTS) is 1. The number of aromatic nitrogens is 1. The molecule has 0 aliphatic carbocycles. The predicted octanol–water partition coefficient (Wildman–Crippen LogP) is 3.63. The Balaban J connectivity index is 1.90. The van der Waals surface area contributed by atoms with E-state index in [1.807, 2.05) is 6.07 Å². The molecule has 0 radical (unpaired) electrons. The predicted molar refractivity (Wildman–Crippen MR) is 78.0 cm³/mol. The Bertz CT molecular complexity index is 565. The van der Waals surface area contributed by atoms with Gasteiger partial charge >= 0.3 is 5.97 Å². The first-order chi connectivity index (χ1) is 8.56. The third-order valence-corrected chi connectivity index (χ3v) is 4.89. The Morgan fingerprint density at radius 3 is 2.83 bits per heavy atom. The van der Waals surface area contributed by atoms with E-state index in [1.165, 1.54) is 16.2 Å². The van der Waals surface area contributed by atoms with Crippen LogP contribution in [-0.4, -0.2) is 22.6 Å². The molecule has 2 rings (SSSR count). The Morgan fingerprint density at radius 2 is 2.28 bits per heavy atom. The average molecular weight is 347 g/mol. The summed E-state index contributed by atoms with van der Waals surface area (Å²) in [6, 6.07) is 4.10. The van der Waals surface area contributed by atoms with Gasteiger partial charge in [-0.15, -0.1) is 22.7 Å². The molecule has 2 heterocycles. The van der Waals surface area contributed by atoms with Crippen molar-refractivity contribution in [2.24, 2.45) is 0 Å². The molecule has 0 aliphatic heterocycles. The number of halogens is 1. The SMILES string of the molecule is Cc1sc(NCCc2ccc(Br)s2)nc1C(=O)O. The molecule has 2 N–H and O–H groups in total. The fourth-order valence-corrected chi connectivity index (χ4v) is 3.76. The minimum absolute atomic E-state index is 0.140. The molecule has 0 saturated heterocycles. The zero-order valence-electron chi connectivity index (χ0n) is 9.57. The van der Waals surface area contributed by atoms with Crippen LogP contribution in [0.3, 0.4) is 0 Å². The zero-order chi connectivity index (χ0) is 13.1. The van der Waals surface area contributed by atoms with Gasteiger partial charge in [0.1, 0.15) is 0 Å². The highest BCUT2D eigenvalue weighted by atomic mass is 79.9. The molecule has 2 aromatic heterocycles. The number of carboxylic acids is 1. The number of carbonyl (C=O) groups is 1. The lowest BCUT2D eigenvalue weighted by Gasteiger charge is -1.99. The van der Waals surface area contributed by atoms with Crippen LogP contribution in [0.15, 0.2) is 15.9 Å². The van der Waals surface area contributed by atoms with Crippen LogP contribution < -0.4 is 5.32 Å². The van der Waals surface area contributed by atoms with Crippen LogP contribution in [0.4, 0.5) is 5.13 Å². The van der Waals surface area contributed by atoms with E-state index in [0.717, 1.165) is 21.6 Å². The highest BCUT2D eigenvalue weighted by Crippen LogP contribution is 2.24. The van der Waals surface area contributed by atoms with Gasteiger partial charge in [0.15, 0.2) is 10.8 Å². The molecule has 18 heavy (non-hydrogen) atoms. The molecule has 0 saturated carbocycles. The number of aromatic carboxylic acids is 1. The van der Waals surface area contributed by atoms with Crippen molar-refractivity contribution in [2.45, 2.75) is 13.3 Å². The third-order valence-electron chi connectivity index (χ3n) is 2.28. The van der Waals surface area contributed by atoms with E-state index >= 15 is 0 Å². The standard InChI is InChI=1S/C11H11BrN2O2S2/c1-6-9(10(15)16)14-11(17-6)13-5-4-7-2-3-8(12)18-7/h2-3H,4-5H2,1H3,(H,13,14)(H,15,16). The number of aryl methyl sites for hydroxylation is 1. The second-order valence-electron chi connectivity index (χ2n) is 3.61. The van der Waals surface area contributed by atoms with Crippen molar-refractivity contribution in [2.75, 3.05) is 11.9 Å². The van der Waals surface area contributed by atoms with Gasteiger partial charge in [0.25, 0.3) is 0 Å². The second-order valence-corrected chi connectivity index (χ2v) is 7.36. The normalized spacial score (nSPS) is 10.6. The van der Waals surface area contributed by atoms with Crippen LogP contribution in [0, 0.1) is 6.92 Å². The minimum Gasteiger partial charge on any atom is -0.476 e. The molecule has 0 atom stereocenters. The quantitative estimate of drug-likeness (QED) is 0.867. The Morgan fingerprint density at radius 1 is 1.50 bits per heavy atom. The summed E-state index contributed by atoms with van der Waals surface area (Å²) in [5.74, 6) is -0.973. The van der Waals surface area contributed by atoms with E-state index in [4.69, 9.17) is 5.11 Å². The number of hydrogen-bond donors (Lipinski definition) is 2. The van der Waals surface area contributed by atoms with Crippen LogP contribution in [-0.2, 0) is 6.42 Å². The van der Waals surface area contributed by atoms with Crippen molar-refractivity contribution in [1.29, 1.82) is 0 Å². The van der Waals surface area contributed by atoms with Gasteiger partial charge in [0, 0.05) is 16.3 Å². The van der Waals surface area contributed by atoms with Crippen molar-refractivity contribution in [3.05, 3.63) is 31.4 Å². The average Bonchev–Trinajstić information content (AvgIpc) is 2.85. The molecular formula is C11H11BrN2O2S2. The molecule has 0 spiro atoms. The summed E-state index contributed by atoms with van der Waals surface area (Å²) in [4.78, 5) is 16.9. The Hall–Kier alpha value is -0.920. The van der Waals surface area contributed by atoms with Crippen molar-refractivity contribution >= 4 is 49.7 Å². The molecule has 4 nitrogen and oxygen atoms in total. The first kappa shape index (κ1) is 13.5. The summed E-state index contributed by atoms with van der Waals surface area (Å²) in [5.41, 5.74) is 0.140. The van der Waals surface area contributed by atoms with Gasteiger partial charge in [0.05, 0.1) is 3.79 Å². The largest absolute Gasteiger partial charge is 0.476 e. The summed E-state index contributed by atoms with van der Waals surface area (Å²) < 4.78 is 1.12. The van der Waals surface area contributed by atoms with Gasteiger partial charge in [-0.3, -0.25) is 0 Å². The van der Waals surface area contributed by atoms with Crippen molar-refractivity contribution in [3.63, 3.8) is 0 Å². The number of thiazole rings is 1. The summed E-state index contributed by atoms with van der Waals surface area (Å²) in [7, 11) is 0. The Labute approximate surface area is 121 Å². The fraction of sp³-hybridized carbons (Fsp3) is 0.273. The van der Waals surface area contributed by atoms with Gasteiger partial charge in [-0.05, 0) is 41.4 Å². The molecule has 96 valence electrons. The lowest BCUT2D eigenvalue weighted by molar-refractivity contribution is 0.0690. The van der Waals surface area contributed by atoms with Crippen molar-refractivity contribution in [1.82, 2.24) is 4.98 Å². The highest BCUT2D eigenvalue weighted by Gasteiger charge is 2.13. The maximum atomic E-state index is 10.8. The van der Waals surface area contributed by atoms with E-state index in [2.05, 4.69) is 32.3 Å². The summed E-state index contributed by atoms with van der Waals surface area (Å²) >= 11 is 6.50. The molecule has 0 unspecified atom stereocenters. The molecule has 0 fully saturated rings. The van der Waals surface area contributed by atoms with E-state index in [1.54, 1.807) is 18.3 Å². The van der Waals surface area contributed by atoms with Gasteiger partial charge in [-0.25, -0.2) is 9.78 Å². The summed E-state index contributed by atoms with van der Waals surface area (Å²) in [6.45, 7) is 2.52. The number of anilines is 1. The molecule has 0 aliphatic rings. The second kappa shape index (κ2) is 5.81. The van der Waals surface area contributed by atoms with Crippen LogP contribution in [0.5, 0.6) is 0 Å². The summed E-state index contributed by atoms with van der Waals surface area (Å²) in [5, 5.41) is 12.7. The van der Waals surface area contributed by atoms with E-state index < -0.39 is 5.97 Å². The first-order valence-electron chi connectivity index (χ1n) is 5.25. The maximum Gasteiger partial charge on any atom is 0.355 e. The summed E-state index contributed by atoms with van der Waals surface area (Å²) in [6.07, 6.45) is 0.900. The van der Waals surface area contributed by atoms with Crippen LogP contribution >= 0.6 is 38.6 Å². The number of nitrogens with zero attached hydrogens (tertiary/aromatic N) is 1. The van der Waals surface area contributed by atoms with Gasteiger partial charge < -0.3 is 10.4 Å². The number of rotatable bonds is 5. The first-order valence-corrected chi connectivity index (χ1v) is 7.67. The lowest BCUT2D eigenvalue weighted by Crippen LogP contribution is -2.04. The van der Waals surface area contributed by atoms with Crippen molar-refractivity contribution < 1.29 is 9.90 Å². The minimum atomic E-state index is -0.973. The molecular weight excluding hydrogens is 336 g/mol. The molecule has 0 bridgehead atoms. The topological polar surface area (TPSA) is 62.2 Å². The third kappa shape index (κ3) is 3.30. The smallest absolute Gasteiger partial charge is 0.355 e. The number of thiophene rings is 1.